The van der Waals surface area contributed by atoms with Crippen LogP contribution in [0.2, 0.25) is 0 Å². The first-order valence-corrected chi connectivity index (χ1v) is 11.4. The van der Waals surface area contributed by atoms with Gasteiger partial charge in [0.05, 0.1) is 17.0 Å². The summed E-state index contributed by atoms with van der Waals surface area (Å²) in [6.45, 7) is 4.75. The number of amides is 1. The van der Waals surface area contributed by atoms with E-state index in [4.69, 9.17) is 13.9 Å². The summed E-state index contributed by atoms with van der Waals surface area (Å²) in [6, 6.07) is 20.3. The normalized spacial score (nSPS) is 16.5. The number of fused-ring (bicyclic) bond motifs is 3. The molecule has 2 aliphatic heterocycles. The number of hydrogen-bond acceptors (Lipinski definition) is 5. The second-order valence-corrected chi connectivity index (χ2v) is 9.01. The predicted molar refractivity (Wildman–Crippen MR) is 127 cm³/mol. The Balaban J connectivity index is 1.50. The first kappa shape index (κ1) is 20.5. The van der Waals surface area contributed by atoms with Crippen LogP contribution in [0.5, 0.6) is 11.5 Å². The van der Waals surface area contributed by atoms with E-state index in [0.717, 1.165) is 11.1 Å². The van der Waals surface area contributed by atoms with Gasteiger partial charge in [0.2, 0.25) is 12.6 Å². The highest BCUT2D eigenvalue weighted by molar-refractivity contribution is 5.99. The largest absolute Gasteiger partial charge is 0.454 e. The molecule has 3 heterocycles. The second-order valence-electron chi connectivity index (χ2n) is 9.01. The van der Waals surface area contributed by atoms with Gasteiger partial charge < -0.3 is 18.8 Å². The molecule has 1 amide bonds. The third kappa shape index (κ3) is 3.17. The van der Waals surface area contributed by atoms with Crippen molar-refractivity contribution in [3.05, 3.63) is 105 Å². The van der Waals surface area contributed by atoms with Crippen molar-refractivity contribution in [3.63, 3.8) is 0 Å². The lowest BCUT2D eigenvalue weighted by Gasteiger charge is -2.25. The molecule has 1 aromatic heterocycles. The fourth-order valence-corrected chi connectivity index (χ4v) is 4.78. The standard InChI is InChI=1S/C28H23NO5/c1-16(2)18-8-10-19(11-9-18)25-24-26(30)20-5-3-4-6-21(20)34-27(24)28(31)29(25)14-17-7-12-22-23(13-17)33-15-32-22/h3-13,16,25H,14-15H2,1-2H3/t25-/m1/s1. The van der Waals surface area contributed by atoms with Crippen LogP contribution in [-0.4, -0.2) is 17.6 Å². The molecule has 6 heteroatoms. The third-order valence-corrected chi connectivity index (χ3v) is 6.58. The van der Waals surface area contributed by atoms with Gasteiger partial charge in [0.25, 0.3) is 5.91 Å². The Morgan fingerprint density at radius 3 is 2.50 bits per heavy atom. The highest BCUT2D eigenvalue weighted by atomic mass is 16.7. The molecule has 0 radical (unpaired) electrons. The number of rotatable bonds is 4. The average Bonchev–Trinajstić information content (AvgIpc) is 3.42. The molecule has 0 fully saturated rings. The summed E-state index contributed by atoms with van der Waals surface area (Å²) in [4.78, 5) is 28.9. The van der Waals surface area contributed by atoms with Crippen molar-refractivity contribution >= 4 is 16.9 Å². The van der Waals surface area contributed by atoms with Gasteiger partial charge in [-0.3, -0.25) is 9.59 Å². The van der Waals surface area contributed by atoms with Crippen molar-refractivity contribution in [2.24, 2.45) is 0 Å². The van der Waals surface area contributed by atoms with Crippen LogP contribution in [0.1, 0.15) is 58.6 Å². The number of carbonyl (C=O) groups is 1. The first-order valence-electron chi connectivity index (χ1n) is 11.4. The molecule has 6 rings (SSSR count). The Bertz CT molecular complexity index is 1490. The Labute approximate surface area is 196 Å². The number of nitrogens with zero attached hydrogens (tertiary/aromatic N) is 1. The van der Waals surface area contributed by atoms with Crippen LogP contribution in [0, 0.1) is 0 Å². The molecule has 0 unspecified atom stereocenters. The summed E-state index contributed by atoms with van der Waals surface area (Å²) in [5.74, 6) is 1.53. The van der Waals surface area contributed by atoms with Crippen LogP contribution >= 0.6 is 0 Å². The van der Waals surface area contributed by atoms with E-state index in [1.807, 2.05) is 30.3 Å². The minimum absolute atomic E-state index is 0.113. The molecule has 34 heavy (non-hydrogen) atoms. The maximum atomic E-state index is 13.6. The highest BCUT2D eigenvalue weighted by Gasteiger charge is 2.42. The van der Waals surface area contributed by atoms with E-state index in [2.05, 4.69) is 26.0 Å². The fraction of sp³-hybridized carbons (Fsp3) is 0.214. The lowest BCUT2D eigenvalue weighted by atomic mass is 9.95. The van der Waals surface area contributed by atoms with Gasteiger partial charge in [-0.1, -0.05) is 56.3 Å². The Morgan fingerprint density at radius 1 is 0.941 bits per heavy atom. The number of carbonyl (C=O) groups excluding carboxylic acids is 1. The summed E-state index contributed by atoms with van der Waals surface area (Å²) in [6.07, 6.45) is 0. The fourth-order valence-electron chi connectivity index (χ4n) is 4.78. The summed E-state index contributed by atoms with van der Waals surface area (Å²) < 4.78 is 17.0. The molecule has 3 aromatic carbocycles. The summed E-state index contributed by atoms with van der Waals surface area (Å²) in [7, 11) is 0. The predicted octanol–water partition coefficient (Wildman–Crippen LogP) is 5.39. The van der Waals surface area contributed by atoms with Crippen molar-refractivity contribution in [2.75, 3.05) is 6.79 Å². The SMILES string of the molecule is CC(C)c1ccc([C@@H]2c3c(oc4ccccc4c3=O)C(=O)N2Cc2ccc3c(c2)OCO3)cc1. The van der Waals surface area contributed by atoms with Crippen LogP contribution in [0.25, 0.3) is 11.0 Å². The Morgan fingerprint density at radius 2 is 1.71 bits per heavy atom. The Kier molecular flexibility index (Phi) is 4.69. The quantitative estimate of drug-likeness (QED) is 0.414. The maximum absolute atomic E-state index is 13.6. The van der Waals surface area contributed by atoms with Gasteiger partial charge in [-0.05, 0) is 46.9 Å². The molecule has 4 aromatic rings. The monoisotopic (exact) mass is 453 g/mol. The topological polar surface area (TPSA) is 69.0 Å². The average molecular weight is 453 g/mol. The first-order chi connectivity index (χ1) is 16.5. The molecular formula is C28H23NO5. The molecule has 170 valence electrons. The smallest absolute Gasteiger partial charge is 0.291 e. The number of benzene rings is 3. The van der Waals surface area contributed by atoms with Crippen molar-refractivity contribution in [3.8, 4) is 11.5 Å². The van der Waals surface area contributed by atoms with Gasteiger partial charge in [-0.25, -0.2) is 0 Å². The van der Waals surface area contributed by atoms with Crippen molar-refractivity contribution in [2.45, 2.75) is 32.4 Å². The minimum Gasteiger partial charge on any atom is -0.454 e. The van der Waals surface area contributed by atoms with E-state index in [1.165, 1.54) is 5.56 Å². The van der Waals surface area contributed by atoms with Crippen molar-refractivity contribution in [1.29, 1.82) is 0 Å². The van der Waals surface area contributed by atoms with Crippen LogP contribution in [0.15, 0.2) is 75.9 Å². The van der Waals surface area contributed by atoms with Gasteiger partial charge in [0.1, 0.15) is 5.58 Å². The second kappa shape index (κ2) is 7.76. The molecule has 0 aliphatic carbocycles. The van der Waals surface area contributed by atoms with Gasteiger partial charge >= 0.3 is 0 Å². The zero-order valence-electron chi connectivity index (χ0n) is 18.9. The van der Waals surface area contributed by atoms with Crippen LogP contribution in [-0.2, 0) is 6.54 Å². The molecule has 2 aliphatic rings. The van der Waals surface area contributed by atoms with E-state index >= 15 is 0 Å². The van der Waals surface area contributed by atoms with Gasteiger partial charge in [-0.2, -0.15) is 0 Å². The molecule has 0 N–H and O–H groups in total. The summed E-state index contributed by atoms with van der Waals surface area (Å²) in [5, 5.41) is 0.475. The lowest BCUT2D eigenvalue weighted by molar-refractivity contribution is 0.0714. The van der Waals surface area contributed by atoms with Crippen LogP contribution < -0.4 is 14.9 Å². The van der Waals surface area contributed by atoms with E-state index in [-0.39, 0.29) is 23.9 Å². The maximum Gasteiger partial charge on any atom is 0.291 e. The zero-order chi connectivity index (χ0) is 23.4. The zero-order valence-corrected chi connectivity index (χ0v) is 18.9. The molecular weight excluding hydrogens is 430 g/mol. The summed E-state index contributed by atoms with van der Waals surface area (Å²) in [5.41, 5.74) is 3.59. The van der Waals surface area contributed by atoms with Crippen molar-refractivity contribution < 1.29 is 18.7 Å². The van der Waals surface area contributed by atoms with E-state index < -0.39 is 6.04 Å². The molecule has 0 saturated carbocycles. The van der Waals surface area contributed by atoms with Gasteiger partial charge in [0, 0.05) is 6.54 Å². The molecule has 1 atom stereocenters. The van der Waals surface area contributed by atoms with Crippen LogP contribution in [0.4, 0.5) is 0 Å². The molecule has 0 bridgehead atoms. The summed E-state index contributed by atoms with van der Waals surface area (Å²) >= 11 is 0. The van der Waals surface area contributed by atoms with Crippen molar-refractivity contribution in [1.82, 2.24) is 4.90 Å². The van der Waals surface area contributed by atoms with E-state index in [9.17, 15) is 9.59 Å². The number of hydrogen-bond donors (Lipinski definition) is 0. The molecule has 6 nitrogen and oxygen atoms in total. The van der Waals surface area contributed by atoms with Gasteiger partial charge in [-0.15, -0.1) is 0 Å². The van der Waals surface area contributed by atoms with Crippen LogP contribution in [0.3, 0.4) is 0 Å². The minimum atomic E-state index is -0.546. The highest BCUT2D eigenvalue weighted by Crippen LogP contribution is 2.40. The van der Waals surface area contributed by atoms with E-state index in [1.54, 1.807) is 29.2 Å². The number of para-hydroxylation sites is 1. The third-order valence-electron chi connectivity index (χ3n) is 6.58. The molecule has 0 spiro atoms. The van der Waals surface area contributed by atoms with Gasteiger partial charge in [0.15, 0.2) is 16.9 Å². The van der Waals surface area contributed by atoms with E-state index in [0.29, 0.717) is 40.5 Å². The lowest BCUT2D eigenvalue weighted by Crippen LogP contribution is -2.29. The number of ether oxygens (including phenoxy) is 2. The molecule has 0 saturated heterocycles. The Hall–Kier alpha value is -4.06.